The van der Waals surface area contributed by atoms with Gasteiger partial charge >= 0.3 is 6.09 Å². The minimum atomic E-state index is -0.573. The van der Waals surface area contributed by atoms with E-state index in [4.69, 9.17) is 4.74 Å². The van der Waals surface area contributed by atoms with E-state index in [0.29, 0.717) is 13.1 Å². The number of aryl methyl sites for hydroxylation is 1. The van der Waals surface area contributed by atoms with Gasteiger partial charge in [0.25, 0.3) is 0 Å². The first kappa shape index (κ1) is 20.0. The Morgan fingerprint density at radius 1 is 1.21 bits per heavy atom. The predicted molar refractivity (Wildman–Crippen MR) is 95.8 cm³/mol. The number of carbonyl (C=O) groups is 2. The van der Waals surface area contributed by atoms with Crippen LogP contribution in [0.2, 0.25) is 0 Å². The standard InChI is InChI=1S/C19H30N2O3/c1-6-21(18(23)24-19(3,4)5)15(2)17(22)20-14-10-13-16-11-8-7-9-12-16/h7-9,11-12,15H,6,10,13-14H2,1-5H3,(H,20,22)/t15-/m1/s1. The molecule has 0 aliphatic carbocycles. The second kappa shape index (κ2) is 9.30. The van der Waals surface area contributed by atoms with Crippen molar-refractivity contribution in [3.8, 4) is 0 Å². The van der Waals surface area contributed by atoms with Crippen molar-refractivity contribution >= 4 is 12.0 Å². The summed E-state index contributed by atoms with van der Waals surface area (Å²) in [7, 11) is 0. The molecule has 0 saturated heterocycles. The quantitative estimate of drug-likeness (QED) is 0.778. The van der Waals surface area contributed by atoms with Crippen molar-refractivity contribution in [2.45, 2.75) is 59.1 Å². The molecule has 1 aromatic rings. The van der Waals surface area contributed by atoms with Crippen LogP contribution in [0.1, 0.15) is 46.6 Å². The molecule has 0 aromatic heterocycles. The van der Waals surface area contributed by atoms with Crippen molar-refractivity contribution in [1.29, 1.82) is 0 Å². The molecular weight excluding hydrogens is 304 g/mol. The van der Waals surface area contributed by atoms with Gasteiger partial charge < -0.3 is 10.1 Å². The zero-order valence-electron chi connectivity index (χ0n) is 15.5. The molecule has 0 fully saturated rings. The molecule has 0 bridgehead atoms. The average Bonchev–Trinajstić information content (AvgIpc) is 2.51. The number of nitrogens with one attached hydrogen (secondary N) is 1. The number of amides is 2. The summed E-state index contributed by atoms with van der Waals surface area (Å²) >= 11 is 0. The Balaban J connectivity index is 2.42. The Labute approximate surface area is 145 Å². The number of likely N-dealkylation sites (N-methyl/N-ethyl adjacent to an activating group) is 1. The van der Waals surface area contributed by atoms with Gasteiger partial charge in [-0.25, -0.2) is 4.79 Å². The molecule has 2 amide bonds. The van der Waals surface area contributed by atoms with Crippen LogP contribution in [-0.4, -0.2) is 41.6 Å². The number of rotatable bonds is 7. The Kier molecular flexibility index (Phi) is 7.75. The molecule has 1 aromatic carbocycles. The van der Waals surface area contributed by atoms with Crippen molar-refractivity contribution in [2.75, 3.05) is 13.1 Å². The first-order valence-electron chi connectivity index (χ1n) is 8.56. The highest BCUT2D eigenvalue weighted by Crippen LogP contribution is 2.12. The zero-order chi connectivity index (χ0) is 18.2. The van der Waals surface area contributed by atoms with Gasteiger partial charge in [-0.15, -0.1) is 0 Å². The molecule has 0 unspecified atom stereocenters. The number of carbonyl (C=O) groups excluding carboxylic acids is 2. The third kappa shape index (κ3) is 7.02. The van der Waals surface area contributed by atoms with Gasteiger partial charge in [-0.2, -0.15) is 0 Å². The second-order valence-corrected chi connectivity index (χ2v) is 6.82. The SMILES string of the molecule is CCN(C(=O)OC(C)(C)C)[C@H](C)C(=O)NCCCc1ccccc1. The maximum Gasteiger partial charge on any atom is 0.410 e. The second-order valence-electron chi connectivity index (χ2n) is 6.82. The number of hydrogen-bond acceptors (Lipinski definition) is 3. The van der Waals surface area contributed by atoms with Crippen LogP contribution >= 0.6 is 0 Å². The molecule has 0 radical (unpaired) electrons. The summed E-state index contributed by atoms with van der Waals surface area (Å²) in [5.41, 5.74) is 0.680. The molecule has 5 nitrogen and oxygen atoms in total. The van der Waals surface area contributed by atoms with Gasteiger partial charge in [-0.05, 0) is 53.0 Å². The van der Waals surface area contributed by atoms with Crippen LogP contribution < -0.4 is 5.32 Å². The minimum absolute atomic E-state index is 0.157. The van der Waals surface area contributed by atoms with Crippen LogP contribution in [0.4, 0.5) is 4.79 Å². The van der Waals surface area contributed by atoms with E-state index in [0.717, 1.165) is 12.8 Å². The molecule has 24 heavy (non-hydrogen) atoms. The lowest BCUT2D eigenvalue weighted by atomic mass is 10.1. The van der Waals surface area contributed by atoms with Gasteiger partial charge in [0.15, 0.2) is 0 Å². The fourth-order valence-corrected chi connectivity index (χ4v) is 2.32. The molecule has 0 saturated carbocycles. The predicted octanol–water partition coefficient (Wildman–Crippen LogP) is 3.38. The van der Waals surface area contributed by atoms with Crippen molar-refractivity contribution in [3.63, 3.8) is 0 Å². The van der Waals surface area contributed by atoms with Crippen LogP contribution in [0.5, 0.6) is 0 Å². The molecule has 5 heteroatoms. The summed E-state index contributed by atoms with van der Waals surface area (Å²) in [6, 6.07) is 9.61. The van der Waals surface area contributed by atoms with E-state index in [1.807, 2.05) is 45.9 Å². The van der Waals surface area contributed by atoms with Gasteiger partial charge in [0.05, 0.1) is 0 Å². The molecule has 1 atom stereocenters. The first-order chi connectivity index (χ1) is 11.2. The average molecular weight is 334 g/mol. The lowest BCUT2D eigenvalue weighted by Gasteiger charge is -2.30. The highest BCUT2D eigenvalue weighted by Gasteiger charge is 2.28. The van der Waals surface area contributed by atoms with Crippen LogP contribution in [0.3, 0.4) is 0 Å². The molecule has 0 aliphatic heterocycles. The number of benzene rings is 1. The van der Waals surface area contributed by atoms with Gasteiger partial charge in [-0.1, -0.05) is 30.3 Å². The van der Waals surface area contributed by atoms with E-state index in [1.165, 1.54) is 10.5 Å². The maximum atomic E-state index is 12.3. The summed E-state index contributed by atoms with van der Waals surface area (Å²) in [6.07, 6.45) is 1.32. The zero-order valence-corrected chi connectivity index (χ0v) is 15.5. The van der Waals surface area contributed by atoms with Crippen molar-refractivity contribution in [2.24, 2.45) is 0 Å². The molecule has 0 spiro atoms. The molecule has 134 valence electrons. The molecule has 0 aliphatic rings. The lowest BCUT2D eigenvalue weighted by Crippen LogP contribution is -2.49. The Hall–Kier alpha value is -2.04. The third-order valence-electron chi connectivity index (χ3n) is 3.60. The van der Waals surface area contributed by atoms with Crippen LogP contribution in [0.25, 0.3) is 0 Å². The minimum Gasteiger partial charge on any atom is -0.444 e. The van der Waals surface area contributed by atoms with Crippen LogP contribution in [0, 0.1) is 0 Å². The van der Waals surface area contributed by atoms with E-state index in [-0.39, 0.29) is 5.91 Å². The van der Waals surface area contributed by atoms with E-state index in [9.17, 15) is 9.59 Å². The highest BCUT2D eigenvalue weighted by molar-refractivity contribution is 5.85. The van der Waals surface area contributed by atoms with Crippen LogP contribution in [-0.2, 0) is 16.0 Å². The molecule has 1 rings (SSSR count). The van der Waals surface area contributed by atoms with Crippen molar-refractivity contribution in [3.05, 3.63) is 35.9 Å². The highest BCUT2D eigenvalue weighted by atomic mass is 16.6. The van der Waals surface area contributed by atoms with Gasteiger partial charge in [0, 0.05) is 13.1 Å². The number of hydrogen-bond donors (Lipinski definition) is 1. The monoisotopic (exact) mass is 334 g/mol. The summed E-state index contributed by atoms with van der Waals surface area (Å²) in [6.45, 7) is 10.0. The van der Waals surface area contributed by atoms with Gasteiger partial charge in [-0.3, -0.25) is 9.69 Å². The fourth-order valence-electron chi connectivity index (χ4n) is 2.32. The van der Waals surface area contributed by atoms with E-state index >= 15 is 0 Å². The Bertz CT molecular complexity index is 523. The molecular formula is C19H30N2O3. The summed E-state index contributed by atoms with van der Waals surface area (Å²) in [5, 5.41) is 2.90. The smallest absolute Gasteiger partial charge is 0.410 e. The van der Waals surface area contributed by atoms with Crippen LogP contribution in [0.15, 0.2) is 30.3 Å². The van der Waals surface area contributed by atoms with E-state index < -0.39 is 17.7 Å². The van der Waals surface area contributed by atoms with Gasteiger partial charge in [0.1, 0.15) is 11.6 Å². The van der Waals surface area contributed by atoms with Gasteiger partial charge in [0.2, 0.25) is 5.91 Å². The molecule has 0 heterocycles. The largest absolute Gasteiger partial charge is 0.444 e. The number of nitrogens with zero attached hydrogens (tertiary/aromatic N) is 1. The lowest BCUT2D eigenvalue weighted by molar-refractivity contribution is -0.125. The third-order valence-corrected chi connectivity index (χ3v) is 3.60. The molecule has 1 N–H and O–H groups in total. The first-order valence-corrected chi connectivity index (χ1v) is 8.56. The fraction of sp³-hybridized carbons (Fsp3) is 0.579. The maximum absolute atomic E-state index is 12.3. The topological polar surface area (TPSA) is 58.6 Å². The van der Waals surface area contributed by atoms with Crippen molar-refractivity contribution in [1.82, 2.24) is 10.2 Å². The van der Waals surface area contributed by atoms with Crippen molar-refractivity contribution < 1.29 is 14.3 Å². The summed E-state index contributed by atoms with van der Waals surface area (Å²) in [5.74, 6) is -0.157. The summed E-state index contributed by atoms with van der Waals surface area (Å²) in [4.78, 5) is 25.9. The Morgan fingerprint density at radius 2 is 1.83 bits per heavy atom. The van der Waals surface area contributed by atoms with E-state index in [1.54, 1.807) is 6.92 Å². The van der Waals surface area contributed by atoms with E-state index in [2.05, 4.69) is 17.4 Å². The normalized spacial score (nSPS) is 12.4. The summed E-state index contributed by atoms with van der Waals surface area (Å²) < 4.78 is 5.35. The Morgan fingerprint density at radius 3 is 2.38 bits per heavy atom. The number of ether oxygens (including phenoxy) is 1.